The van der Waals surface area contributed by atoms with Gasteiger partial charge >= 0.3 is 17.8 Å². The van der Waals surface area contributed by atoms with Gasteiger partial charge in [0.25, 0.3) is 0 Å². The minimum absolute atomic E-state index is 0.0241. The van der Waals surface area contributed by atoms with Crippen molar-refractivity contribution in [3.63, 3.8) is 0 Å². The minimum Gasteiger partial charge on any atom is -0.478 e. The molecule has 30 heavy (non-hydrogen) atoms. The lowest BCUT2D eigenvalue weighted by atomic mass is 10.00. The Morgan fingerprint density at radius 3 is 2.33 bits per heavy atom. The monoisotopic (exact) mass is 439 g/mol. The van der Waals surface area contributed by atoms with E-state index in [1.165, 1.54) is 6.92 Å². The van der Waals surface area contributed by atoms with Gasteiger partial charge in [0.1, 0.15) is 18.1 Å². The number of aliphatic carboxylic acids is 1. The van der Waals surface area contributed by atoms with E-state index in [-0.39, 0.29) is 43.2 Å². The predicted molar refractivity (Wildman–Crippen MR) is 98.8 cm³/mol. The number of carbonyl (C=O) groups excluding carboxylic acids is 4. The molecule has 2 aliphatic rings. The van der Waals surface area contributed by atoms with Gasteiger partial charge in [0, 0.05) is 18.2 Å². The smallest absolute Gasteiger partial charge is 0.394 e. The first kappa shape index (κ1) is 21.4. The van der Waals surface area contributed by atoms with Gasteiger partial charge in [-0.05, 0) is 5.56 Å². The number of ether oxygens (including phenoxy) is 1. The third-order valence-corrected chi connectivity index (χ3v) is 5.81. The van der Waals surface area contributed by atoms with E-state index in [2.05, 4.69) is 5.32 Å². The van der Waals surface area contributed by atoms with Gasteiger partial charge < -0.3 is 25.2 Å². The number of amides is 4. The molecule has 0 bridgehead atoms. The zero-order valence-corrected chi connectivity index (χ0v) is 16.5. The molecule has 3 rings (SSSR count). The Balaban J connectivity index is 1.78. The van der Waals surface area contributed by atoms with Crippen molar-refractivity contribution in [1.29, 1.82) is 0 Å². The Morgan fingerprint density at radius 2 is 1.80 bits per heavy atom. The Labute approximate surface area is 173 Å². The molecule has 1 unspecified atom stereocenters. The highest BCUT2D eigenvalue weighted by Crippen LogP contribution is 2.38. The van der Waals surface area contributed by atoms with Gasteiger partial charge in [0.15, 0.2) is 0 Å². The molecule has 0 spiro atoms. The second kappa shape index (κ2) is 8.20. The summed E-state index contributed by atoms with van der Waals surface area (Å²) >= 11 is 0.896. The molecule has 12 nitrogen and oxygen atoms in total. The maximum atomic E-state index is 12.3. The number of rotatable bonds is 4. The Morgan fingerprint density at radius 1 is 1.17 bits per heavy atom. The van der Waals surface area contributed by atoms with Gasteiger partial charge in [-0.15, -0.1) is 11.3 Å². The van der Waals surface area contributed by atoms with E-state index in [0.29, 0.717) is 10.4 Å². The van der Waals surface area contributed by atoms with Crippen LogP contribution < -0.4 is 5.32 Å². The largest absolute Gasteiger partial charge is 0.478 e. The number of imide groups is 1. The van der Waals surface area contributed by atoms with E-state index < -0.39 is 41.7 Å². The van der Waals surface area contributed by atoms with Gasteiger partial charge in [0.2, 0.25) is 17.7 Å². The number of carboxylic acid groups (broad SMARTS) is 2. The third kappa shape index (κ3) is 4.16. The van der Waals surface area contributed by atoms with Crippen LogP contribution in [0.2, 0.25) is 0 Å². The highest BCUT2D eigenvalue weighted by molar-refractivity contribution is 7.17. The summed E-state index contributed by atoms with van der Waals surface area (Å²) in [5, 5.41) is 20.2. The van der Waals surface area contributed by atoms with Crippen LogP contribution in [0.5, 0.6) is 0 Å². The molecule has 1 atom stereocenters. The number of aromatic carboxylic acids is 1. The lowest BCUT2D eigenvalue weighted by Crippen LogP contribution is -2.57. The van der Waals surface area contributed by atoms with Crippen LogP contribution in [0.1, 0.15) is 27.7 Å². The zero-order chi connectivity index (χ0) is 22.2. The molecule has 1 saturated heterocycles. The average Bonchev–Trinajstić information content (AvgIpc) is 3.01. The normalized spacial score (nSPS) is 18.8. The van der Waals surface area contributed by atoms with Crippen molar-refractivity contribution in [2.24, 2.45) is 0 Å². The first-order valence-electron chi connectivity index (χ1n) is 8.70. The van der Waals surface area contributed by atoms with Gasteiger partial charge in [-0.3, -0.25) is 24.1 Å². The number of hydrogen-bond acceptors (Lipinski definition) is 8. The SMILES string of the molecule is CC(=O)N1CC(=O)N(CC2Cc3c(sc(NC(=O)C(=O)O)c3C(=O)O)CO2)C(=O)C1. The van der Waals surface area contributed by atoms with Crippen LogP contribution >= 0.6 is 11.3 Å². The Hall–Kier alpha value is -3.32. The molecule has 2 aliphatic heterocycles. The number of thiophene rings is 1. The average molecular weight is 439 g/mol. The predicted octanol–water partition coefficient (Wildman–Crippen LogP) is -0.872. The Kier molecular flexibility index (Phi) is 5.85. The number of fused-ring (bicyclic) bond motifs is 1. The number of nitrogens with one attached hydrogen (secondary N) is 1. The van der Waals surface area contributed by atoms with Crippen molar-refractivity contribution < 1.29 is 43.7 Å². The fourth-order valence-corrected chi connectivity index (χ4v) is 4.37. The lowest BCUT2D eigenvalue weighted by molar-refractivity contribution is -0.158. The third-order valence-electron chi connectivity index (χ3n) is 4.69. The molecule has 4 amide bonds. The summed E-state index contributed by atoms with van der Waals surface area (Å²) in [6, 6.07) is 0. The Bertz CT molecular complexity index is 952. The van der Waals surface area contributed by atoms with E-state index in [0.717, 1.165) is 21.1 Å². The number of piperazine rings is 1. The highest BCUT2D eigenvalue weighted by Gasteiger charge is 2.36. The van der Waals surface area contributed by atoms with Crippen molar-refractivity contribution in [3.8, 4) is 0 Å². The number of carboxylic acids is 2. The highest BCUT2D eigenvalue weighted by atomic mass is 32.1. The fraction of sp³-hybridized carbons (Fsp3) is 0.412. The standard InChI is InChI=1S/C17H17N3O9S/c1-7(21)19-4-11(22)20(12(23)5-19)3-8-2-9-10(6-29-8)30-15(13(9)16(25)26)18-14(24)17(27)28/h8H,2-6H2,1H3,(H,18,24)(H,25,26)(H,27,28). The molecule has 3 heterocycles. The van der Waals surface area contributed by atoms with E-state index >= 15 is 0 Å². The quantitative estimate of drug-likeness (QED) is 0.398. The maximum absolute atomic E-state index is 12.3. The van der Waals surface area contributed by atoms with Gasteiger partial charge in [0.05, 0.1) is 24.8 Å². The first-order valence-corrected chi connectivity index (χ1v) is 9.52. The molecular formula is C17H17N3O9S. The van der Waals surface area contributed by atoms with Crippen LogP contribution in [-0.2, 0) is 41.7 Å². The molecule has 0 radical (unpaired) electrons. The summed E-state index contributed by atoms with van der Waals surface area (Å²) < 4.78 is 5.64. The zero-order valence-electron chi connectivity index (χ0n) is 15.7. The van der Waals surface area contributed by atoms with Crippen LogP contribution in [0.25, 0.3) is 0 Å². The topological polar surface area (TPSA) is 171 Å². The summed E-state index contributed by atoms with van der Waals surface area (Å²) in [6.07, 6.45) is -0.644. The van der Waals surface area contributed by atoms with Crippen molar-refractivity contribution in [2.75, 3.05) is 25.0 Å². The molecule has 13 heteroatoms. The maximum Gasteiger partial charge on any atom is 0.394 e. The van der Waals surface area contributed by atoms with Gasteiger partial charge in [-0.25, -0.2) is 9.59 Å². The molecule has 1 aromatic rings. The van der Waals surface area contributed by atoms with Crippen LogP contribution in [0, 0.1) is 0 Å². The summed E-state index contributed by atoms with van der Waals surface area (Å²) in [5.41, 5.74) is 0.115. The van der Waals surface area contributed by atoms with Crippen molar-refractivity contribution in [2.45, 2.75) is 26.1 Å². The molecule has 0 saturated carbocycles. The molecule has 3 N–H and O–H groups in total. The minimum atomic E-state index is -1.76. The number of hydrogen-bond donors (Lipinski definition) is 3. The molecule has 0 aliphatic carbocycles. The van der Waals surface area contributed by atoms with Crippen LogP contribution in [-0.4, -0.2) is 81.3 Å². The van der Waals surface area contributed by atoms with E-state index in [1.54, 1.807) is 0 Å². The lowest BCUT2D eigenvalue weighted by Gasteiger charge is -2.35. The first-order chi connectivity index (χ1) is 14.1. The number of carbonyl (C=O) groups is 6. The van der Waals surface area contributed by atoms with Crippen molar-refractivity contribution in [3.05, 3.63) is 16.0 Å². The molecule has 0 aromatic carbocycles. The summed E-state index contributed by atoms with van der Waals surface area (Å²) in [6.45, 7) is 0.650. The second-order valence-electron chi connectivity index (χ2n) is 6.68. The van der Waals surface area contributed by atoms with Gasteiger partial charge in [-0.1, -0.05) is 0 Å². The van der Waals surface area contributed by atoms with E-state index in [1.807, 2.05) is 0 Å². The van der Waals surface area contributed by atoms with Gasteiger partial charge in [-0.2, -0.15) is 0 Å². The second-order valence-corrected chi connectivity index (χ2v) is 7.79. The molecule has 1 fully saturated rings. The molecule has 160 valence electrons. The number of nitrogens with zero attached hydrogens (tertiary/aromatic N) is 2. The summed E-state index contributed by atoms with van der Waals surface area (Å²) in [7, 11) is 0. The molecule has 1 aromatic heterocycles. The van der Waals surface area contributed by atoms with Crippen molar-refractivity contribution in [1.82, 2.24) is 9.80 Å². The van der Waals surface area contributed by atoms with Crippen LogP contribution in [0.15, 0.2) is 0 Å². The fourth-order valence-electron chi connectivity index (χ4n) is 3.24. The summed E-state index contributed by atoms with van der Waals surface area (Å²) in [5.74, 6) is -5.99. The number of anilines is 1. The van der Waals surface area contributed by atoms with Crippen LogP contribution in [0.3, 0.4) is 0 Å². The summed E-state index contributed by atoms with van der Waals surface area (Å²) in [4.78, 5) is 72.4. The van der Waals surface area contributed by atoms with Crippen LogP contribution in [0.4, 0.5) is 5.00 Å². The van der Waals surface area contributed by atoms with E-state index in [4.69, 9.17) is 9.84 Å². The van der Waals surface area contributed by atoms with Crippen molar-refractivity contribution >= 4 is 51.9 Å². The van der Waals surface area contributed by atoms with E-state index in [9.17, 15) is 33.9 Å². The molecular weight excluding hydrogens is 422 g/mol.